The van der Waals surface area contributed by atoms with Crippen molar-refractivity contribution < 1.29 is 18.7 Å². The molecule has 0 N–H and O–H groups in total. The first-order chi connectivity index (χ1) is 10.5. The molecule has 0 amide bonds. The normalized spacial score (nSPS) is 10.3. The van der Waals surface area contributed by atoms with Gasteiger partial charge >= 0.3 is 5.97 Å². The van der Waals surface area contributed by atoms with E-state index >= 15 is 0 Å². The zero-order valence-corrected chi connectivity index (χ0v) is 13.2. The molecule has 3 nitrogen and oxygen atoms in total. The summed E-state index contributed by atoms with van der Waals surface area (Å²) in [6, 6.07) is 10.0. The highest BCUT2D eigenvalue weighted by molar-refractivity contribution is 7.98. The predicted molar refractivity (Wildman–Crippen MR) is 84.2 cm³/mol. The van der Waals surface area contributed by atoms with Crippen LogP contribution < -0.4 is 0 Å². The van der Waals surface area contributed by atoms with Crippen LogP contribution in [0.4, 0.5) is 4.39 Å². The molecule has 0 aliphatic heterocycles. The van der Waals surface area contributed by atoms with Crippen LogP contribution in [-0.2, 0) is 4.74 Å². The third-order valence-corrected chi connectivity index (χ3v) is 3.95. The highest BCUT2D eigenvalue weighted by Crippen LogP contribution is 2.23. The Bertz CT molecular complexity index is 701. The van der Waals surface area contributed by atoms with E-state index in [0.717, 1.165) is 4.90 Å². The van der Waals surface area contributed by atoms with Gasteiger partial charge in [0.2, 0.25) is 0 Å². The molecule has 0 aromatic heterocycles. The minimum Gasteiger partial charge on any atom is -0.454 e. The third-order valence-electron chi connectivity index (χ3n) is 2.89. The van der Waals surface area contributed by atoms with Gasteiger partial charge in [0.25, 0.3) is 0 Å². The number of hydrogen-bond donors (Lipinski definition) is 0. The van der Waals surface area contributed by atoms with E-state index in [1.165, 1.54) is 36.0 Å². The monoisotopic (exact) mass is 338 g/mol. The minimum atomic E-state index is -0.670. The summed E-state index contributed by atoms with van der Waals surface area (Å²) in [5.74, 6) is -1.52. The molecule has 0 saturated carbocycles. The molecule has 2 aromatic carbocycles. The summed E-state index contributed by atoms with van der Waals surface area (Å²) in [4.78, 5) is 24.7. The molecule has 0 unspecified atom stereocenters. The molecule has 0 spiro atoms. The lowest BCUT2D eigenvalue weighted by molar-refractivity contribution is 0.0474. The van der Waals surface area contributed by atoms with Crippen LogP contribution in [0.3, 0.4) is 0 Å². The predicted octanol–water partition coefficient (Wildman–Crippen LogP) is 4.24. The molecule has 0 bridgehead atoms. The standard InChI is InChI=1S/C16H12ClFO3S/c1-22-12-6-7-14(17)13(8-12)16(20)21-9-15(19)10-2-4-11(18)5-3-10/h2-8H,9H2,1H3. The number of ketones is 1. The first-order valence-corrected chi connectivity index (χ1v) is 7.91. The van der Waals surface area contributed by atoms with Crippen molar-refractivity contribution in [2.45, 2.75) is 4.90 Å². The lowest BCUT2D eigenvalue weighted by Gasteiger charge is -2.07. The zero-order chi connectivity index (χ0) is 16.1. The number of carbonyl (C=O) groups excluding carboxylic acids is 2. The molecule has 22 heavy (non-hydrogen) atoms. The van der Waals surface area contributed by atoms with Crippen LogP contribution in [0.2, 0.25) is 5.02 Å². The van der Waals surface area contributed by atoms with Crippen molar-refractivity contribution in [1.82, 2.24) is 0 Å². The fraction of sp³-hybridized carbons (Fsp3) is 0.125. The average molecular weight is 339 g/mol. The van der Waals surface area contributed by atoms with Gasteiger partial charge in [-0.1, -0.05) is 11.6 Å². The maximum Gasteiger partial charge on any atom is 0.340 e. The van der Waals surface area contributed by atoms with E-state index in [0.29, 0.717) is 0 Å². The number of esters is 1. The van der Waals surface area contributed by atoms with Crippen molar-refractivity contribution in [2.75, 3.05) is 12.9 Å². The molecule has 0 heterocycles. The van der Waals surface area contributed by atoms with E-state index in [2.05, 4.69) is 0 Å². The topological polar surface area (TPSA) is 43.4 Å². The second-order valence-electron chi connectivity index (χ2n) is 4.35. The van der Waals surface area contributed by atoms with Gasteiger partial charge in [0.05, 0.1) is 10.6 Å². The van der Waals surface area contributed by atoms with Gasteiger partial charge in [-0.2, -0.15) is 0 Å². The number of rotatable bonds is 5. The van der Waals surface area contributed by atoms with E-state index in [4.69, 9.17) is 16.3 Å². The maximum atomic E-state index is 12.8. The zero-order valence-electron chi connectivity index (χ0n) is 11.6. The summed E-state index contributed by atoms with van der Waals surface area (Å²) in [5.41, 5.74) is 0.485. The molecule has 6 heteroatoms. The Hall–Kier alpha value is -1.85. The van der Waals surface area contributed by atoms with Crippen molar-refractivity contribution in [3.05, 3.63) is 64.4 Å². The molecule has 0 aliphatic rings. The quantitative estimate of drug-likeness (QED) is 0.464. The van der Waals surface area contributed by atoms with Crippen molar-refractivity contribution in [3.63, 3.8) is 0 Å². The molecule has 0 atom stereocenters. The Morgan fingerprint density at radius 3 is 2.50 bits per heavy atom. The van der Waals surface area contributed by atoms with Crippen LogP contribution in [0.15, 0.2) is 47.4 Å². The van der Waals surface area contributed by atoms with E-state index in [1.807, 2.05) is 6.26 Å². The van der Waals surface area contributed by atoms with Gasteiger partial charge in [0.15, 0.2) is 12.4 Å². The number of halogens is 2. The summed E-state index contributed by atoms with van der Waals surface area (Å²) < 4.78 is 17.8. The van der Waals surface area contributed by atoms with Gasteiger partial charge in [-0.05, 0) is 48.7 Å². The van der Waals surface area contributed by atoms with Crippen molar-refractivity contribution in [2.24, 2.45) is 0 Å². The lowest BCUT2D eigenvalue weighted by atomic mass is 10.1. The smallest absolute Gasteiger partial charge is 0.340 e. The maximum absolute atomic E-state index is 12.8. The van der Waals surface area contributed by atoms with Gasteiger partial charge < -0.3 is 4.74 Å². The second kappa shape index (κ2) is 7.42. The fourth-order valence-electron chi connectivity index (χ4n) is 1.72. The van der Waals surface area contributed by atoms with Crippen molar-refractivity contribution >= 4 is 35.1 Å². The largest absolute Gasteiger partial charge is 0.454 e. The molecular weight excluding hydrogens is 327 g/mol. The summed E-state index contributed by atoms with van der Waals surface area (Å²) in [7, 11) is 0. The second-order valence-corrected chi connectivity index (χ2v) is 5.64. The molecule has 0 aliphatic carbocycles. The van der Waals surface area contributed by atoms with E-state index in [9.17, 15) is 14.0 Å². The SMILES string of the molecule is CSc1ccc(Cl)c(C(=O)OCC(=O)c2ccc(F)cc2)c1. The molecular formula is C16H12ClFO3S. The van der Waals surface area contributed by atoms with Crippen LogP contribution in [0.1, 0.15) is 20.7 Å². The minimum absolute atomic E-state index is 0.209. The van der Waals surface area contributed by atoms with Crippen LogP contribution in [-0.4, -0.2) is 24.6 Å². The summed E-state index contributed by atoms with van der Waals surface area (Å²) >= 11 is 7.42. The summed E-state index contributed by atoms with van der Waals surface area (Å²) in [6.07, 6.45) is 1.87. The lowest BCUT2D eigenvalue weighted by Crippen LogP contribution is -2.14. The van der Waals surface area contributed by atoms with Crippen LogP contribution in [0.25, 0.3) is 0 Å². The number of thioether (sulfide) groups is 1. The number of carbonyl (C=O) groups is 2. The Labute approximate surface area is 136 Å². The Kier molecular flexibility index (Phi) is 5.57. The highest BCUT2D eigenvalue weighted by Gasteiger charge is 2.15. The Balaban J connectivity index is 2.03. The van der Waals surface area contributed by atoms with Gasteiger partial charge in [-0.3, -0.25) is 4.79 Å². The summed E-state index contributed by atoms with van der Waals surface area (Å²) in [5, 5.41) is 0.261. The molecule has 114 valence electrons. The van der Waals surface area contributed by atoms with Crippen molar-refractivity contribution in [1.29, 1.82) is 0 Å². The van der Waals surface area contributed by atoms with Crippen LogP contribution in [0.5, 0.6) is 0 Å². The number of hydrogen-bond acceptors (Lipinski definition) is 4. The molecule has 2 aromatic rings. The molecule has 0 saturated heterocycles. The van der Waals surface area contributed by atoms with Crippen LogP contribution in [0, 0.1) is 5.82 Å². The van der Waals surface area contributed by atoms with Gasteiger partial charge in [-0.15, -0.1) is 11.8 Å². The van der Waals surface area contributed by atoms with Gasteiger partial charge in [-0.25, -0.2) is 9.18 Å². The number of Topliss-reactive ketones (excluding diaryl/α,β-unsaturated/α-hetero) is 1. The fourth-order valence-corrected chi connectivity index (χ4v) is 2.35. The van der Waals surface area contributed by atoms with Gasteiger partial charge in [0.1, 0.15) is 5.82 Å². The Morgan fingerprint density at radius 2 is 1.86 bits per heavy atom. The van der Waals surface area contributed by atoms with Crippen LogP contribution >= 0.6 is 23.4 Å². The van der Waals surface area contributed by atoms with Crippen molar-refractivity contribution in [3.8, 4) is 0 Å². The van der Waals surface area contributed by atoms with E-state index in [-0.39, 0.29) is 16.1 Å². The number of ether oxygens (including phenoxy) is 1. The van der Waals surface area contributed by atoms with E-state index in [1.54, 1.807) is 18.2 Å². The molecule has 2 rings (SSSR count). The first-order valence-electron chi connectivity index (χ1n) is 6.30. The molecule has 0 radical (unpaired) electrons. The number of benzene rings is 2. The third kappa shape index (κ3) is 4.08. The van der Waals surface area contributed by atoms with E-state index < -0.39 is 24.2 Å². The average Bonchev–Trinajstić information content (AvgIpc) is 2.53. The Morgan fingerprint density at radius 1 is 1.18 bits per heavy atom. The summed E-state index contributed by atoms with van der Waals surface area (Å²) in [6.45, 7) is -0.426. The highest BCUT2D eigenvalue weighted by atomic mass is 35.5. The first kappa shape index (κ1) is 16.5. The molecule has 0 fully saturated rings. The van der Waals surface area contributed by atoms with Gasteiger partial charge in [0, 0.05) is 10.5 Å².